The first-order valence-electron chi connectivity index (χ1n) is 2.04. The quantitative estimate of drug-likeness (QED) is 0.466. The van der Waals surface area contributed by atoms with Crippen LogP contribution in [-0.2, 0) is 5.11 Å². The Morgan fingerprint density at radius 3 is 2.57 bits per heavy atom. The summed E-state index contributed by atoms with van der Waals surface area (Å²) in [7, 11) is 0. The molecular weight excluding hydrogens is 108 g/mol. The molecular formula is C5H5OS. The van der Waals surface area contributed by atoms with Crippen LogP contribution in [0.1, 0.15) is 0 Å². The predicted molar refractivity (Wildman–Crippen MR) is 30.3 cm³/mol. The summed E-state index contributed by atoms with van der Waals surface area (Å²) >= 11 is 1.30. The first-order chi connectivity index (χ1) is 3.39. The van der Waals surface area contributed by atoms with Gasteiger partial charge in [0.15, 0.2) is 5.44 Å². The van der Waals surface area contributed by atoms with Crippen LogP contribution in [0.3, 0.4) is 0 Å². The molecule has 0 amide bonds. The number of allylic oxidation sites excluding steroid dienone is 2. The molecule has 1 unspecified atom stereocenters. The molecule has 1 aliphatic rings. The van der Waals surface area contributed by atoms with Crippen molar-refractivity contribution in [3.05, 3.63) is 23.6 Å². The molecule has 7 heavy (non-hydrogen) atoms. The van der Waals surface area contributed by atoms with E-state index in [9.17, 15) is 5.11 Å². The number of hydrogen-bond donors (Lipinski definition) is 0. The van der Waals surface area contributed by atoms with Gasteiger partial charge in [0.25, 0.3) is 0 Å². The molecule has 0 aromatic carbocycles. The molecule has 0 saturated carbocycles. The second kappa shape index (κ2) is 2.19. The molecule has 1 rings (SSSR count). The molecule has 1 heterocycles. The van der Waals surface area contributed by atoms with Crippen molar-refractivity contribution >= 4 is 11.8 Å². The van der Waals surface area contributed by atoms with E-state index >= 15 is 0 Å². The van der Waals surface area contributed by atoms with Crippen LogP contribution in [-0.4, -0.2) is 5.44 Å². The standard InChI is InChI=1S/C5H5OS/c6-5-3-1-2-4-7-5/h1-5H. The van der Waals surface area contributed by atoms with Crippen molar-refractivity contribution in [1.82, 2.24) is 0 Å². The third-order valence-electron chi connectivity index (χ3n) is 0.671. The minimum atomic E-state index is -0.565. The molecule has 0 fully saturated rings. The minimum absolute atomic E-state index is 0.565. The molecule has 1 radical (unpaired) electrons. The third-order valence-corrected chi connectivity index (χ3v) is 1.41. The van der Waals surface area contributed by atoms with Gasteiger partial charge in [0.05, 0.1) is 0 Å². The van der Waals surface area contributed by atoms with Crippen molar-refractivity contribution in [3.63, 3.8) is 0 Å². The monoisotopic (exact) mass is 113 g/mol. The lowest BCUT2D eigenvalue weighted by Gasteiger charge is -1.98. The summed E-state index contributed by atoms with van der Waals surface area (Å²) in [6.07, 6.45) is 5.26. The van der Waals surface area contributed by atoms with E-state index in [1.807, 2.05) is 6.08 Å². The van der Waals surface area contributed by atoms with Crippen molar-refractivity contribution in [2.24, 2.45) is 0 Å². The maximum Gasteiger partial charge on any atom is 0.161 e. The maximum absolute atomic E-state index is 10.4. The summed E-state index contributed by atoms with van der Waals surface area (Å²) in [5.41, 5.74) is -0.565. The van der Waals surface area contributed by atoms with Crippen LogP contribution in [0.5, 0.6) is 0 Å². The second-order valence-electron chi connectivity index (χ2n) is 1.22. The second-order valence-corrected chi connectivity index (χ2v) is 2.23. The first kappa shape index (κ1) is 4.94. The van der Waals surface area contributed by atoms with Gasteiger partial charge < -0.3 is 0 Å². The lowest BCUT2D eigenvalue weighted by atomic mass is 10.5. The number of thioether (sulfide) groups is 1. The van der Waals surface area contributed by atoms with Crippen molar-refractivity contribution in [2.75, 3.05) is 0 Å². The highest BCUT2D eigenvalue weighted by atomic mass is 32.2. The Morgan fingerprint density at radius 2 is 2.29 bits per heavy atom. The molecule has 2 heteroatoms. The predicted octanol–water partition coefficient (Wildman–Crippen LogP) is 1.56. The van der Waals surface area contributed by atoms with Gasteiger partial charge in [0, 0.05) is 0 Å². The summed E-state index contributed by atoms with van der Waals surface area (Å²) in [6.45, 7) is 0. The van der Waals surface area contributed by atoms with Crippen LogP contribution >= 0.6 is 11.8 Å². The minimum Gasteiger partial charge on any atom is -0.216 e. The maximum atomic E-state index is 10.4. The largest absolute Gasteiger partial charge is 0.216 e. The molecule has 1 atom stereocenters. The highest BCUT2D eigenvalue weighted by molar-refractivity contribution is 8.02. The summed E-state index contributed by atoms with van der Waals surface area (Å²) in [6, 6.07) is 0. The van der Waals surface area contributed by atoms with Gasteiger partial charge >= 0.3 is 0 Å². The summed E-state index contributed by atoms with van der Waals surface area (Å²) in [5.74, 6) is 0. The van der Waals surface area contributed by atoms with Crippen LogP contribution in [0.2, 0.25) is 0 Å². The fraction of sp³-hybridized carbons (Fsp3) is 0.200. The Bertz CT molecular complexity index is 107. The van der Waals surface area contributed by atoms with E-state index in [1.54, 1.807) is 17.6 Å². The van der Waals surface area contributed by atoms with Crippen molar-refractivity contribution < 1.29 is 5.11 Å². The van der Waals surface area contributed by atoms with Gasteiger partial charge in [-0.2, -0.15) is 0 Å². The van der Waals surface area contributed by atoms with Gasteiger partial charge in [0.2, 0.25) is 0 Å². The Kier molecular flexibility index (Phi) is 1.54. The Balaban J connectivity index is 2.49. The molecule has 1 nitrogen and oxygen atoms in total. The summed E-state index contributed by atoms with van der Waals surface area (Å²) < 4.78 is 0. The smallest absolute Gasteiger partial charge is 0.161 e. The van der Waals surface area contributed by atoms with Gasteiger partial charge in [-0.25, -0.2) is 5.11 Å². The van der Waals surface area contributed by atoms with E-state index in [4.69, 9.17) is 0 Å². The molecule has 0 aromatic rings. The fourth-order valence-corrected chi connectivity index (χ4v) is 0.886. The zero-order valence-electron chi connectivity index (χ0n) is 3.70. The molecule has 0 bridgehead atoms. The SMILES string of the molecule is [O]C1C=CC=CS1. The average Bonchev–Trinajstić information content (AvgIpc) is 1.69. The third kappa shape index (κ3) is 1.37. The lowest BCUT2D eigenvalue weighted by molar-refractivity contribution is 0.203. The zero-order chi connectivity index (χ0) is 5.11. The highest BCUT2D eigenvalue weighted by Crippen LogP contribution is 2.14. The van der Waals surface area contributed by atoms with Gasteiger partial charge in [0.1, 0.15) is 0 Å². The summed E-state index contributed by atoms with van der Waals surface area (Å²) in [5, 5.41) is 12.2. The Labute approximate surface area is 46.7 Å². The van der Waals surface area contributed by atoms with E-state index in [0.29, 0.717) is 0 Å². The lowest BCUT2D eigenvalue weighted by Crippen LogP contribution is -1.90. The van der Waals surface area contributed by atoms with Gasteiger partial charge in [-0.05, 0) is 11.5 Å². The highest BCUT2D eigenvalue weighted by Gasteiger charge is 1.98. The van der Waals surface area contributed by atoms with Crippen LogP contribution in [0.25, 0.3) is 0 Å². The molecule has 0 N–H and O–H groups in total. The van der Waals surface area contributed by atoms with E-state index in [0.717, 1.165) is 0 Å². The Morgan fingerprint density at radius 1 is 1.43 bits per heavy atom. The molecule has 1 aliphatic heterocycles. The molecule has 0 spiro atoms. The van der Waals surface area contributed by atoms with Crippen LogP contribution in [0, 0.1) is 0 Å². The van der Waals surface area contributed by atoms with Crippen LogP contribution < -0.4 is 0 Å². The Hall–Kier alpha value is -0.210. The fourth-order valence-electron chi connectivity index (χ4n) is 0.368. The zero-order valence-corrected chi connectivity index (χ0v) is 4.52. The first-order valence-corrected chi connectivity index (χ1v) is 2.98. The van der Waals surface area contributed by atoms with Crippen molar-refractivity contribution in [1.29, 1.82) is 0 Å². The van der Waals surface area contributed by atoms with E-state index < -0.39 is 5.44 Å². The average molecular weight is 113 g/mol. The van der Waals surface area contributed by atoms with Gasteiger partial charge in [-0.15, -0.1) is 0 Å². The summed E-state index contributed by atoms with van der Waals surface area (Å²) in [4.78, 5) is 0. The number of rotatable bonds is 0. The number of hydrogen-bond acceptors (Lipinski definition) is 1. The molecule has 0 aliphatic carbocycles. The molecule has 37 valence electrons. The topological polar surface area (TPSA) is 19.9 Å². The van der Waals surface area contributed by atoms with Crippen LogP contribution in [0.4, 0.5) is 0 Å². The van der Waals surface area contributed by atoms with E-state index in [2.05, 4.69) is 0 Å². The van der Waals surface area contributed by atoms with Crippen LogP contribution in [0.15, 0.2) is 23.6 Å². The van der Waals surface area contributed by atoms with E-state index in [1.165, 1.54) is 11.8 Å². The van der Waals surface area contributed by atoms with E-state index in [-0.39, 0.29) is 0 Å². The normalized spacial score (nSPS) is 28.4. The van der Waals surface area contributed by atoms with Gasteiger partial charge in [-0.3, -0.25) is 0 Å². The molecule has 0 saturated heterocycles. The molecule has 0 aromatic heterocycles. The van der Waals surface area contributed by atoms with Crippen molar-refractivity contribution in [3.8, 4) is 0 Å². The van der Waals surface area contributed by atoms with Gasteiger partial charge in [-0.1, -0.05) is 23.9 Å². The van der Waals surface area contributed by atoms with Crippen molar-refractivity contribution in [2.45, 2.75) is 5.44 Å².